The van der Waals surface area contributed by atoms with Gasteiger partial charge in [0.1, 0.15) is 17.5 Å². The summed E-state index contributed by atoms with van der Waals surface area (Å²) in [6.07, 6.45) is 5.48. The summed E-state index contributed by atoms with van der Waals surface area (Å²) in [5.41, 5.74) is 5.76. The van der Waals surface area contributed by atoms with Gasteiger partial charge in [0.25, 0.3) is 0 Å². The molecule has 2 heterocycles. The van der Waals surface area contributed by atoms with E-state index in [1.807, 2.05) is 24.6 Å². The van der Waals surface area contributed by atoms with Crippen molar-refractivity contribution in [2.24, 2.45) is 0 Å². The van der Waals surface area contributed by atoms with Crippen molar-refractivity contribution >= 4 is 11.6 Å². The number of nitrogens with zero attached hydrogens (tertiary/aromatic N) is 4. The summed E-state index contributed by atoms with van der Waals surface area (Å²) in [6.45, 7) is 5.69. The Balaban J connectivity index is 1.96. The lowest BCUT2D eigenvalue weighted by atomic mass is 10.2. The molecule has 0 radical (unpaired) electrons. The molecule has 0 bridgehead atoms. The van der Waals surface area contributed by atoms with Crippen molar-refractivity contribution in [2.45, 2.75) is 26.3 Å². The molecule has 96 valence electrons. The standard InChI is InChI=1S/C12H18N6/c1-9(2)12-16-10(13)7-11(17-12)15-4-6-18-5-3-14-8-18/h3,5,7-9H,4,6H2,1-2H3,(H3,13,15,16,17). The van der Waals surface area contributed by atoms with Crippen LogP contribution in [0.25, 0.3) is 0 Å². The molecule has 0 aliphatic carbocycles. The molecule has 6 nitrogen and oxygen atoms in total. The van der Waals surface area contributed by atoms with Gasteiger partial charge in [0, 0.05) is 37.5 Å². The van der Waals surface area contributed by atoms with E-state index in [-0.39, 0.29) is 5.92 Å². The van der Waals surface area contributed by atoms with Gasteiger partial charge in [-0.05, 0) is 0 Å². The van der Waals surface area contributed by atoms with Gasteiger partial charge in [0.2, 0.25) is 0 Å². The van der Waals surface area contributed by atoms with Crippen LogP contribution < -0.4 is 11.1 Å². The largest absolute Gasteiger partial charge is 0.384 e. The Bertz CT molecular complexity index is 491. The third-order valence-electron chi connectivity index (χ3n) is 2.51. The fraction of sp³-hybridized carbons (Fsp3) is 0.417. The molecule has 2 aromatic rings. The monoisotopic (exact) mass is 246 g/mol. The van der Waals surface area contributed by atoms with Crippen molar-refractivity contribution in [1.29, 1.82) is 0 Å². The predicted octanol–water partition coefficient (Wildman–Crippen LogP) is 1.49. The molecule has 0 saturated heterocycles. The van der Waals surface area contributed by atoms with Crippen molar-refractivity contribution < 1.29 is 0 Å². The first-order valence-electron chi connectivity index (χ1n) is 5.99. The molecule has 3 N–H and O–H groups in total. The second-order valence-corrected chi connectivity index (χ2v) is 4.42. The Morgan fingerprint density at radius 1 is 1.39 bits per heavy atom. The van der Waals surface area contributed by atoms with Crippen LogP contribution in [0.1, 0.15) is 25.6 Å². The average molecular weight is 246 g/mol. The molecular weight excluding hydrogens is 228 g/mol. The Labute approximate surface area is 106 Å². The molecule has 0 fully saturated rings. The van der Waals surface area contributed by atoms with Gasteiger partial charge in [0.15, 0.2) is 0 Å². The highest BCUT2D eigenvalue weighted by molar-refractivity contribution is 5.44. The molecule has 18 heavy (non-hydrogen) atoms. The highest BCUT2D eigenvalue weighted by atomic mass is 15.1. The second-order valence-electron chi connectivity index (χ2n) is 4.42. The number of anilines is 2. The first kappa shape index (κ1) is 12.3. The molecule has 0 spiro atoms. The molecule has 0 unspecified atom stereocenters. The van der Waals surface area contributed by atoms with Gasteiger partial charge in [-0.25, -0.2) is 15.0 Å². The number of hydrogen-bond donors (Lipinski definition) is 2. The van der Waals surface area contributed by atoms with Crippen molar-refractivity contribution in [3.8, 4) is 0 Å². The van der Waals surface area contributed by atoms with Gasteiger partial charge in [-0.3, -0.25) is 0 Å². The van der Waals surface area contributed by atoms with E-state index in [4.69, 9.17) is 5.73 Å². The summed E-state index contributed by atoms with van der Waals surface area (Å²) in [6, 6.07) is 1.75. The second kappa shape index (κ2) is 5.48. The highest BCUT2D eigenvalue weighted by Crippen LogP contribution is 2.14. The first-order valence-corrected chi connectivity index (χ1v) is 5.99. The average Bonchev–Trinajstić information content (AvgIpc) is 2.81. The van der Waals surface area contributed by atoms with Crippen molar-refractivity contribution in [2.75, 3.05) is 17.6 Å². The van der Waals surface area contributed by atoms with Crippen LogP contribution in [0.3, 0.4) is 0 Å². The van der Waals surface area contributed by atoms with Crippen LogP contribution >= 0.6 is 0 Å². The smallest absolute Gasteiger partial charge is 0.135 e. The molecule has 0 saturated carbocycles. The maximum Gasteiger partial charge on any atom is 0.135 e. The number of aromatic nitrogens is 4. The fourth-order valence-corrected chi connectivity index (χ4v) is 1.57. The molecule has 2 rings (SSSR count). The number of nitrogens with one attached hydrogen (secondary N) is 1. The Kier molecular flexibility index (Phi) is 3.76. The van der Waals surface area contributed by atoms with Gasteiger partial charge in [-0.2, -0.15) is 0 Å². The van der Waals surface area contributed by atoms with E-state index in [1.54, 1.807) is 18.6 Å². The van der Waals surface area contributed by atoms with Crippen LogP contribution in [0, 0.1) is 0 Å². The molecule has 0 amide bonds. The van der Waals surface area contributed by atoms with E-state index >= 15 is 0 Å². The number of nitrogens with two attached hydrogens (primary N) is 1. The molecule has 0 aromatic carbocycles. The summed E-state index contributed by atoms with van der Waals surface area (Å²) in [7, 11) is 0. The molecule has 0 aliphatic rings. The van der Waals surface area contributed by atoms with Crippen molar-refractivity contribution in [3.05, 3.63) is 30.6 Å². The molecule has 0 atom stereocenters. The normalized spacial score (nSPS) is 10.8. The van der Waals surface area contributed by atoms with Crippen LogP contribution in [0.2, 0.25) is 0 Å². The van der Waals surface area contributed by atoms with Crippen molar-refractivity contribution in [1.82, 2.24) is 19.5 Å². The van der Waals surface area contributed by atoms with Crippen LogP contribution in [0.15, 0.2) is 24.8 Å². The summed E-state index contributed by atoms with van der Waals surface area (Å²) < 4.78 is 2.00. The zero-order valence-electron chi connectivity index (χ0n) is 10.7. The van der Waals surface area contributed by atoms with E-state index < -0.39 is 0 Å². The Hall–Kier alpha value is -2.11. The minimum atomic E-state index is 0.266. The van der Waals surface area contributed by atoms with Gasteiger partial charge in [0.05, 0.1) is 6.33 Å². The minimum absolute atomic E-state index is 0.266. The number of nitrogen functional groups attached to an aromatic ring is 1. The van der Waals surface area contributed by atoms with E-state index in [0.29, 0.717) is 5.82 Å². The third-order valence-corrected chi connectivity index (χ3v) is 2.51. The summed E-state index contributed by atoms with van der Waals surface area (Å²) >= 11 is 0. The van der Waals surface area contributed by atoms with Crippen LogP contribution in [-0.4, -0.2) is 26.1 Å². The topological polar surface area (TPSA) is 81.6 Å². The molecule has 2 aromatic heterocycles. The quantitative estimate of drug-likeness (QED) is 0.835. The molecular formula is C12H18N6. The van der Waals surface area contributed by atoms with Gasteiger partial charge in [-0.1, -0.05) is 13.8 Å². The van der Waals surface area contributed by atoms with Crippen molar-refractivity contribution in [3.63, 3.8) is 0 Å². The SMILES string of the molecule is CC(C)c1nc(N)cc(NCCn2ccnc2)n1. The summed E-state index contributed by atoms with van der Waals surface area (Å²) in [5, 5.41) is 3.24. The number of imidazole rings is 1. The first-order chi connectivity index (χ1) is 8.65. The molecule has 6 heteroatoms. The van der Waals surface area contributed by atoms with Gasteiger partial charge in [-0.15, -0.1) is 0 Å². The van der Waals surface area contributed by atoms with Crippen LogP contribution in [0.4, 0.5) is 11.6 Å². The summed E-state index contributed by atoms with van der Waals surface area (Å²) in [4.78, 5) is 12.6. The number of rotatable bonds is 5. The lowest BCUT2D eigenvalue weighted by Crippen LogP contribution is -2.12. The van der Waals surface area contributed by atoms with Crippen LogP contribution in [-0.2, 0) is 6.54 Å². The van der Waals surface area contributed by atoms with E-state index in [9.17, 15) is 0 Å². The minimum Gasteiger partial charge on any atom is -0.384 e. The lowest BCUT2D eigenvalue weighted by Gasteiger charge is -2.10. The van der Waals surface area contributed by atoms with E-state index in [1.165, 1.54) is 0 Å². The zero-order valence-corrected chi connectivity index (χ0v) is 10.7. The predicted molar refractivity (Wildman–Crippen MR) is 71.3 cm³/mol. The van der Waals surface area contributed by atoms with Gasteiger partial charge < -0.3 is 15.6 Å². The highest BCUT2D eigenvalue weighted by Gasteiger charge is 2.06. The van der Waals surface area contributed by atoms with Gasteiger partial charge >= 0.3 is 0 Å². The van der Waals surface area contributed by atoms with Crippen LogP contribution in [0.5, 0.6) is 0 Å². The lowest BCUT2D eigenvalue weighted by molar-refractivity contribution is 0.721. The third kappa shape index (κ3) is 3.19. The maximum atomic E-state index is 5.76. The molecule has 0 aliphatic heterocycles. The Morgan fingerprint density at radius 3 is 2.89 bits per heavy atom. The fourth-order valence-electron chi connectivity index (χ4n) is 1.57. The Morgan fingerprint density at radius 2 is 2.22 bits per heavy atom. The van der Waals surface area contributed by atoms with E-state index in [2.05, 4.69) is 20.3 Å². The van der Waals surface area contributed by atoms with E-state index in [0.717, 1.165) is 24.7 Å². The summed E-state index contributed by atoms with van der Waals surface area (Å²) in [5.74, 6) is 2.30. The zero-order chi connectivity index (χ0) is 13.0. The maximum absolute atomic E-state index is 5.76. The number of hydrogen-bond acceptors (Lipinski definition) is 5.